The van der Waals surface area contributed by atoms with Crippen molar-refractivity contribution in [2.45, 2.75) is 13.0 Å². The predicted molar refractivity (Wildman–Crippen MR) is 89.1 cm³/mol. The van der Waals surface area contributed by atoms with E-state index < -0.39 is 0 Å². The standard InChI is InChI=1S/C16H14N4O3S/c21-14(19-16-18-5-8-24-16)3-6-20-7-4-17-15(20)11-1-2-12-13(9-11)23-10-22-12/h1-2,4-5,7-9H,3,6,10H2,(H,18,19,21). The lowest BCUT2D eigenvalue weighted by atomic mass is 10.2. The fraction of sp³-hybridized carbons (Fsp3) is 0.188. The van der Waals surface area contributed by atoms with E-state index >= 15 is 0 Å². The first kappa shape index (κ1) is 14.7. The van der Waals surface area contributed by atoms with E-state index in [4.69, 9.17) is 9.47 Å². The van der Waals surface area contributed by atoms with Crippen molar-refractivity contribution in [3.63, 3.8) is 0 Å². The zero-order chi connectivity index (χ0) is 16.4. The zero-order valence-electron chi connectivity index (χ0n) is 12.6. The number of aryl methyl sites for hydroxylation is 1. The second kappa shape index (κ2) is 6.32. The number of hydrogen-bond acceptors (Lipinski definition) is 6. The number of aromatic nitrogens is 3. The molecule has 0 radical (unpaired) electrons. The Morgan fingerprint density at radius 2 is 2.17 bits per heavy atom. The van der Waals surface area contributed by atoms with Gasteiger partial charge in [0.25, 0.3) is 0 Å². The highest BCUT2D eigenvalue weighted by atomic mass is 32.1. The van der Waals surface area contributed by atoms with Crippen LogP contribution < -0.4 is 14.8 Å². The first-order valence-corrected chi connectivity index (χ1v) is 8.28. The van der Waals surface area contributed by atoms with Gasteiger partial charge in [0.15, 0.2) is 16.6 Å². The van der Waals surface area contributed by atoms with Crippen LogP contribution >= 0.6 is 11.3 Å². The molecular formula is C16H14N4O3S. The van der Waals surface area contributed by atoms with Crippen molar-refractivity contribution in [2.24, 2.45) is 0 Å². The van der Waals surface area contributed by atoms with Crippen molar-refractivity contribution < 1.29 is 14.3 Å². The minimum Gasteiger partial charge on any atom is -0.454 e. The second-order valence-corrected chi connectivity index (χ2v) is 6.04. The van der Waals surface area contributed by atoms with E-state index in [1.807, 2.05) is 34.3 Å². The average Bonchev–Trinajstić information content (AvgIpc) is 3.33. The molecule has 0 saturated heterocycles. The Kier molecular flexibility index (Phi) is 3.87. The number of amides is 1. The summed E-state index contributed by atoms with van der Waals surface area (Å²) < 4.78 is 12.7. The van der Waals surface area contributed by atoms with Gasteiger partial charge in [-0.05, 0) is 18.2 Å². The molecule has 0 unspecified atom stereocenters. The molecule has 122 valence electrons. The van der Waals surface area contributed by atoms with Crippen LogP contribution in [0.3, 0.4) is 0 Å². The number of nitrogens with zero attached hydrogens (tertiary/aromatic N) is 3. The molecule has 0 spiro atoms. The van der Waals surface area contributed by atoms with Crippen LogP contribution in [0.15, 0.2) is 42.2 Å². The van der Waals surface area contributed by atoms with Gasteiger partial charge in [-0.15, -0.1) is 11.3 Å². The van der Waals surface area contributed by atoms with Crippen molar-refractivity contribution in [1.29, 1.82) is 0 Å². The van der Waals surface area contributed by atoms with Gasteiger partial charge in [0.1, 0.15) is 5.82 Å². The fourth-order valence-corrected chi connectivity index (χ4v) is 3.02. The van der Waals surface area contributed by atoms with E-state index in [1.54, 1.807) is 12.4 Å². The van der Waals surface area contributed by atoms with Gasteiger partial charge in [-0.25, -0.2) is 9.97 Å². The van der Waals surface area contributed by atoms with Crippen LogP contribution in [-0.2, 0) is 11.3 Å². The molecule has 3 aromatic rings. The number of anilines is 1. The summed E-state index contributed by atoms with van der Waals surface area (Å²) in [4.78, 5) is 20.4. The van der Waals surface area contributed by atoms with Crippen LogP contribution in [0.25, 0.3) is 11.4 Å². The Hall–Kier alpha value is -2.87. The Morgan fingerprint density at radius 1 is 1.25 bits per heavy atom. The van der Waals surface area contributed by atoms with Gasteiger partial charge in [-0.3, -0.25) is 4.79 Å². The monoisotopic (exact) mass is 342 g/mol. The van der Waals surface area contributed by atoms with Gasteiger partial charge in [0.05, 0.1) is 0 Å². The fourth-order valence-electron chi connectivity index (χ4n) is 2.47. The molecule has 0 bridgehead atoms. The topological polar surface area (TPSA) is 78.3 Å². The molecule has 2 aromatic heterocycles. The molecule has 1 amide bonds. The maximum absolute atomic E-state index is 12.0. The first-order valence-electron chi connectivity index (χ1n) is 7.40. The van der Waals surface area contributed by atoms with Crippen LogP contribution in [0.5, 0.6) is 11.5 Å². The number of rotatable bonds is 5. The quantitative estimate of drug-likeness (QED) is 0.771. The number of nitrogens with one attached hydrogen (secondary N) is 1. The minimum absolute atomic E-state index is 0.0738. The third kappa shape index (κ3) is 2.95. The summed E-state index contributed by atoms with van der Waals surface area (Å²) in [5.41, 5.74) is 0.921. The Morgan fingerprint density at radius 3 is 3.04 bits per heavy atom. The summed E-state index contributed by atoms with van der Waals surface area (Å²) >= 11 is 1.40. The zero-order valence-corrected chi connectivity index (χ0v) is 13.5. The van der Waals surface area contributed by atoms with Crippen LogP contribution in [0, 0.1) is 0 Å². The van der Waals surface area contributed by atoms with Crippen molar-refractivity contribution in [1.82, 2.24) is 14.5 Å². The van der Waals surface area contributed by atoms with Gasteiger partial charge in [-0.2, -0.15) is 0 Å². The van der Waals surface area contributed by atoms with E-state index in [-0.39, 0.29) is 12.7 Å². The lowest BCUT2D eigenvalue weighted by molar-refractivity contribution is -0.116. The van der Waals surface area contributed by atoms with E-state index in [2.05, 4.69) is 15.3 Å². The Labute approximate surface area is 141 Å². The maximum Gasteiger partial charge on any atom is 0.231 e. The molecule has 1 aliphatic heterocycles. The Balaban J connectivity index is 1.46. The highest BCUT2D eigenvalue weighted by Crippen LogP contribution is 2.35. The largest absolute Gasteiger partial charge is 0.454 e. The first-order chi connectivity index (χ1) is 11.8. The highest BCUT2D eigenvalue weighted by Gasteiger charge is 2.16. The summed E-state index contributed by atoms with van der Waals surface area (Å²) in [5.74, 6) is 2.16. The summed E-state index contributed by atoms with van der Waals surface area (Å²) in [6.07, 6.45) is 5.58. The number of benzene rings is 1. The van der Waals surface area contributed by atoms with Crippen molar-refractivity contribution >= 4 is 22.4 Å². The summed E-state index contributed by atoms with van der Waals surface area (Å²) in [6.45, 7) is 0.769. The van der Waals surface area contributed by atoms with Crippen LogP contribution in [-0.4, -0.2) is 27.2 Å². The van der Waals surface area contributed by atoms with Crippen LogP contribution in [0.4, 0.5) is 5.13 Å². The number of thiazole rings is 1. The van der Waals surface area contributed by atoms with Gasteiger partial charge < -0.3 is 19.4 Å². The molecular weight excluding hydrogens is 328 g/mol. The molecule has 3 heterocycles. The van der Waals surface area contributed by atoms with E-state index in [1.165, 1.54) is 11.3 Å². The molecule has 0 atom stereocenters. The third-order valence-corrected chi connectivity index (χ3v) is 4.29. The van der Waals surface area contributed by atoms with E-state index in [0.717, 1.165) is 17.1 Å². The summed E-state index contributed by atoms with van der Waals surface area (Å²) in [5, 5.41) is 5.21. The predicted octanol–water partition coefficient (Wildman–Crippen LogP) is 2.76. The molecule has 1 aromatic carbocycles. The molecule has 0 fully saturated rings. The number of hydrogen-bond donors (Lipinski definition) is 1. The average molecular weight is 342 g/mol. The SMILES string of the molecule is O=C(CCn1ccnc1-c1ccc2c(c1)OCO2)Nc1nccs1. The van der Waals surface area contributed by atoms with E-state index in [0.29, 0.717) is 23.8 Å². The normalized spacial score (nSPS) is 12.3. The molecule has 7 nitrogen and oxygen atoms in total. The summed E-state index contributed by atoms with van der Waals surface area (Å²) in [7, 11) is 0. The minimum atomic E-state index is -0.0738. The van der Waals surface area contributed by atoms with E-state index in [9.17, 15) is 4.79 Å². The molecule has 24 heavy (non-hydrogen) atoms. The van der Waals surface area contributed by atoms with Gasteiger partial charge >= 0.3 is 0 Å². The number of fused-ring (bicyclic) bond motifs is 1. The maximum atomic E-state index is 12.0. The van der Waals surface area contributed by atoms with Gasteiger partial charge in [0.2, 0.25) is 12.7 Å². The molecule has 4 rings (SSSR count). The van der Waals surface area contributed by atoms with Crippen LogP contribution in [0.2, 0.25) is 0 Å². The molecule has 1 aliphatic rings. The number of carbonyl (C=O) groups excluding carboxylic acids is 1. The molecule has 1 N–H and O–H groups in total. The van der Waals surface area contributed by atoms with Crippen molar-refractivity contribution in [3.05, 3.63) is 42.2 Å². The smallest absolute Gasteiger partial charge is 0.231 e. The lowest BCUT2D eigenvalue weighted by Gasteiger charge is -2.08. The Bertz CT molecular complexity index is 860. The summed E-state index contributed by atoms with van der Waals surface area (Å²) in [6, 6.07) is 5.70. The second-order valence-electron chi connectivity index (χ2n) is 5.15. The molecule has 8 heteroatoms. The van der Waals surface area contributed by atoms with Crippen molar-refractivity contribution in [3.8, 4) is 22.9 Å². The van der Waals surface area contributed by atoms with Crippen molar-refractivity contribution in [2.75, 3.05) is 12.1 Å². The lowest BCUT2D eigenvalue weighted by Crippen LogP contribution is -2.14. The third-order valence-electron chi connectivity index (χ3n) is 3.60. The highest BCUT2D eigenvalue weighted by molar-refractivity contribution is 7.13. The number of ether oxygens (including phenoxy) is 2. The van der Waals surface area contributed by atoms with Gasteiger partial charge in [-0.1, -0.05) is 0 Å². The van der Waals surface area contributed by atoms with Gasteiger partial charge in [0, 0.05) is 42.5 Å². The molecule has 0 aliphatic carbocycles. The number of imidazole rings is 1. The molecule has 0 saturated carbocycles. The van der Waals surface area contributed by atoms with Crippen LogP contribution in [0.1, 0.15) is 6.42 Å². The number of carbonyl (C=O) groups is 1.